The van der Waals surface area contributed by atoms with E-state index in [0.717, 1.165) is 5.56 Å². The van der Waals surface area contributed by atoms with Crippen molar-refractivity contribution in [1.82, 2.24) is 19.4 Å². The van der Waals surface area contributed by atoms with Gasteiger partial charge in [0.05, 0.1) is 26.0 Å². The fourth-order valence-corrected chi connectivity index (χ4v) is 2.83. The maximum atomic E-state index is 11.9. The number of carbonyl (C=O) groups excluding carboxylic acids is 1. The van der Waals surface area contributed by atoms with E-state index in [4.69, 9.17) is 4.74 Å². The second-order valence-electron chi connectivity index (χ2n) is 4.41. The van der Waals surface area contributed by atoms with Crippen LogP contribution in [0, 0.1) is 0 Å². The topological polar surface area (TPSA) is 113 Å². The van der Waals surface area contributed by atoms with Gasteiger partial charge in [0.15, 0.2) is 0 Å². The molecule has 0 spiro atoms. The Hall–Kier alpha value is -1.88. The van der Waals surface area contributed by atoms with Crippen molar-refractivity contribution in [3.05, 3.63) is 30.1 Å². The number of nitrogens with one attached hydrogen (secondary N) is 2. The fraction of sp³-hybridized carbons (Fsp3) is 0.417. The number of amides is 1. The van der Waals surface area contributed by atoms with Crippen molar-refractivity contribution >= 4 is 22.3 Å². The van der Waals surface area contributed by atoms with Crippen molar-refractivity contribution in [3.8, 4) is 0 Å². The summed E-state index contributed by atoms with van der Waals surface area (Å²) in [4.78, 5) is 15.4. The highest BCUT2D eigenvalue weighted by atomic mass is 32.2. The lowest BCUT2D eigenvalue weighted by atomic mass is 10.3. The molecule has 1 aromatic rings. The first-order valence-corrected chi connectivity index (χ1v) is 8.06. The number of rotatable bonds is 6. The van der Waals surface area contributed by atoms with Gasteiger partial charge in [-0.25, -0.2) is 5.43 Å². The van der Waals surface area contributed by atoms with Crippen LogP contribution in [0.1, 0.15) is 5.56 Å². The molecule has 1 aliphatic rings. The van der Waals surface area contributed by atoms with Crippen LogP contribution in [0.15, 0.2) is 29.6 Å². The summed E-state index contributed by atoms with van der Waals surface area (Å²) in [6.07, 6.45) is 4.63. The number of ether oxygens (including phenoxy) is 1. The molecule has 9 nitrogen and oxygen atoms in total. The highest BCUT2D eigenvalue weighted by Gasteiger charge is 2.24. The van der Waals surface area contributed by atoms with E-state index in [2.05, 4.69) is 20.2 Å². The van der Waals surface area contributed by atoms with Gasteiger partial charge in [-0.05, 0) is 17.7 Å². The molecule has 1 saturated heterocycles. The number of hydrogen-bond donors (Lipinski definition) is 2. The summed E-state index contributed by atoms with van der Waals surface area (Å²) in [5.74, 6) is -0.554. The highest BCUT2D eigenvalue weighted by molar-refractivity contribution is 7.87. The minimum Gasteiger partial charge on any atom is -0.379 e. The van der Waals surface area contributed by atoms with Crippen molar-refractivity contribution in [2.75, 3.05) is 32.8 Å². The smallest absolute Gasteiger partial charge is 0.280 e. The number of aromatic nitrogens is 1. The molecule has 2 N–H and O–H groups in total. The Morgan fingerprint density at radius 3 is 2.73 bits per heavy atom. The molecule has 1 fully saturated rings. The summed E-state index contributed by atoms with van der Waals surface area (Å²) in [7, 11) is -3.67. The third-order valence-corrected chi connectivity index (χ3v) is 4.39. The molecule has 0 aromatic carbocycles. The zero-order chi connectivity index (χ0) is 15.8. The summed E-state index contributed by atoms with van der Waals surface area (Å²) < 4.78 is 32.4. The molecule has 0 aliphatic carbocycles. The zero-order valence-corrected chi connectivity index (χ0v) is 12.6. The van der Waals surface area contributed by atoms with E-state index >= 15 is 0 Å². The van der Waals surface area contributed by atoms with Gasteiger partial charge in [0, 0.05) is 25.5 Å². The van der Waals surface area contributed by atoms with Gasteiger partial charge < -0.3 is 4.74 Å². The highest BCUT2D eigenvalue weighted by Crippen LogP contribution is 2.02. The summed E-state index contributed by atoms with van der Waals surface area (Å²) in [6.45, 7) is 0.869. The Labute approximate surface area is 128 Å². The first-order valence-electron chi connectivity index (χ1n) is 6.62. The third-order valence-electron chi connectivity index (χ3n) is 2.83. The number of hydrogen-bond acceptors (Lipinski definition) is 6. The molecular weight excluding hydrogens is 310 g/mol. The van der Waals surface area contributed by atoms with Crippen LogP contribution >= 0.6 is 0 Å². The third kappa shape index (κ3) is 5.15. The second kappa shape index (κ2) is 7.94. The van der Waals surface area contributed by atoms with Gasteiger partial charge in [-0.15, -0.1) is 0 Å². The maximum absolute atomic E-state index is 11.9. The van der Waals surface area contributed by atoms with Crippen molar-refractivity contribution < 1.29 is 17.9 Å². The molecule has 120 valence electrons. The van der Waals surface area contributed by atoms with Gasteiger partial charge in [-0.2, -0.15) is 22.5 Å². The SMILES string of the molecule is O=C(CNS(=O)(=O)N1CCOCC1)NN=Cc1ccncc1. The molecule has 2 heterocycles. The molecule has 1 amide bonds. The number of morpholine rings is 1. The van der Waals surface area contributed by atoms with Crippen LogP contribution in [0.4, 0.5) is 0 Å². The summed E-state index contributed by atoms with van der Waals surface area (Å²) in [5, 5.41) is 3.73. The van der Waals surface area contributed by atoms with E-state index in [0.29, 0.717) is 13.2 Å². The molecule has 0 radical (unpaired) electrons. The van der Waals surface area contributed by atoms with Crippen LogP contribution < -0.4 is 10.1 Å². The average Bonchev–Trinajstić information content (AvgIpc) is 2.55. The van der Waals surface area contributed by atoms with Gasteiger partial charge in [0.1, 0.15) is 0 Å². The van der Waals surface area contributed by atoms with E-state index in [1.54, 1.807) is 24.5 Å². The summed E-state index contributed by atoms with van der Waals surface area (Å²) >= 11 is 0. The Morgan fingerprint density at radius 1 is 1.36 bits per heavy atom. The van der Waals surface area contributed by atoms with Crippen LogP contribution in [-0.4, -0.2) is 62.7 Å². The molecule has 22 heavy (non-hydrogen) atoms. The predicted molar refractivity (Wildman–Crippen MR) is 79.3 cm³/mol. The molecule has 2 rings (SSSR count). The van der Waals surface area contributed by atoms with Gasteiger partial charge >= 0.3 is 0 Å². The first-order chi connectivity index (χ1) is 10.6. The van der Waals surface area contributed by atoms with E-state index in [-0.39, 0.29) is 19.6 Å². The Balaban J connectivity index is 1.76. The Morgan fingerprint density at radius 2 is 2.05 bits per heavy atom. The number of carbonyl (C=O) groups is 1. The zero-order valence-electron chi connectivity index (χ0n) is 11.8. The average molecular weight is 327 g/mol. The van der Waals surface area contributed by atoms with Crippen LogP contribution in [0.3, 0.4) is 0 Å². The monoisotopic (exact) mass is 327 g/mol. The maximum Gasteiger partial charge on any atom is 0.280 e. The van der Waals surface area contributed by atoms with Gasteiger partial charge in [-0.3, -0.25) is 9.78 Å². The molecule has 0 bridgehead atoms. The molecule has 10 heteroatoms. The normalized spacial score (nSPS) is 16.7. The van der Waals surface area contributed by atoms with Crippen LogP contribution in [0.5, 0.6) is 0 Å². The van der Waals surface area contributed by atoms with E-state index in [1.165, 1.54) is 10.5 Å². The van der Waals surface area contributed by atoms with Crippen molar-refractivity contribution in [1.29, 1.82) is 0 Å². The standard InChI is InChI=1S/C12H17N5O4S/c18-12(16-14-9-11-1-3-13-4-2-11)10-15-22(19,20)17-5-7-21-8-6-17/h1-4,9,15H,5-8,10H2,(H,16,18). The fourth-order valence-electron chi connectivity index (χ4n) is 1.70. The van der Waals surface area contributed by atoms with Gasteiger partial charge in [-0.1, -0.05) is 0 Å². The van der Waals surface area contributed by atoms with E-state index in [9.17, 15) is 13.2 Å². The summed E-state index contributed by atoms with van der Waals surface area (Å²) in [5.41, 5.74) is 3.01. The van der Waals surface area contributed by atoms with Crippen molar-refractivity contribution in [2.24, 2.45) is 5.10 Å². The lowest BCUT2D eigenvalue weighted by molar-refractivity contribution is -0.119. The van der Waals surface area contributed by atoms with Crippen LogP contribution in [-0.2, 0) is 19.7 Å². The number of pyridine rings is 1. The van der Waals surface area contributed by atoms with E-state index in [1.807, 2.05) is 0 Å². The molecular formula is C12H17N5O4S. The second-order valence-corrected chi connectivity index (χ2v) is 6.17. The molecule has 1 aliphatic heterocycles. The quantitative estimate of drug-likeness (QED) is 0.498. The van der Waals surface area contributed by atoms with E-state index < -0.39 is 16.1 Å². The lowest BCUT2D eigenvalue weighted by Crippen LogP contribution is -2.48. The largest absolute Gasteiger partial charge is 0.379 e. The van der Waals surface area contributed by atoms with Crippen LogP contribution in [0.25, 0.3) is 0 Å². The molecule has 0 atom stereocenters. The number of hydrazone groups is 1. The Bertz CT molecular complexity index is 614. The minimum absolute atomic E-state index is 0.275. The molecule has 0 unspecified atom stereocenters. The van der Waals surface area contributed by atoms with Crippen LogP contribution in [0.2, 0.25) is 0 Å². The van der Waals surface area contributed by atoms with Gasteiger partial charge in [0.2, 0.25) is 0 Å². The van der Waals surface area contributed by atoms with Crippen molar-refractivity contribution in [2.45, 2.75) is 0 Å². The summed E-state index contributed by atoms with van der Waals surface area (Å²) in [6, 6.07) is 3.44. The first kappa shape index (κ1) is 16.5. The predicted octanol–water partition coefficient (Wildman–Crippen LogP) is -1.30. The molecule has 1 aromatic heterocycles. The van der Waals surface area contributed by atoms with Crippen molar-refractivity contribution in [3.63, 3.8) is 0 Å². The molecule has 0 saturated carbocycles. The lowest BCUT2D eigenvalue weighted by Gasteiger charge is -2.25. The van der Waals surface area contributed by atoms with Gasteiger partial charge in [0.25, 0.3) is 16.1 Å². The minimum atomic E-state index is -3.67. The number of nitrogens with zero attached hydrogens (tertiary/aromatic N) is 3. The Kier molecular flexibility index (Phi) is 5.95.